The van der Waals surface area contributed by atoms with Crippen LogP contribution in [-0.4, -0.2) is 31.3 Å². The maximum absolute atomic E-state index is 11.0. The van der Waals surface area contributed by atoms with Crippen molar-refractivity contribution in [3.63, 3.8) is 0 Å². The van der Waals surface area contributed by atoms with Gasteiger partial charge in [-0.05, 0) is 13.8 Å². The van der Waals surface area contributed by atoms with Gasteiger partial charge in [0.25, 0.3) is 0 Å². The zero-order valence-electron chi connectivity index (χ0n) is 11.4. The minimum absolute atomic E-state index is 0.00351. The number of hydrogen-bond acceptors (Lipinski definition) is 4. The number of rotatable bonds is 4. The highest BCUT2D eigenvalue weighted by Gasteiger charge is 2.16. The molecule has 2 aromatic rings. The van der Waals surface area contributed by atoms with Crippen LogP contribution in [0.25, 0.3) is 11.0 Å². The molecule has 5 nitrogen and oxygen atoms in total. The van der Waals surface area contributed by atoms with Crippen molar-refractivity contribution in [3.05, 3.63) is 24.0 Å². The van der Waals surface area contributed by atoms with Gasteiger partial charge in [-0.15, -0.1) is 0 Å². The summed E-state index contributed by atoms with van der Waals surface area (Å²) in [5.74, 6) is -0.537. The average molecular weight is 263 g/mol. The molecule has 5 heteroatoms. The smallest absolute Gasteiger partial charge is 0.371 e. The standard InChI is InChI=1S/C14H17NO4/c1-8(2)18-11-5-9(15(3)4)6-12-10(11)7-13(19-12)14(16)17/h5-8H,1-4H3,(H,16,17). The van der Waals surface area contributed by atoms with Crippen molar-refractivity contribution >= 4 is 22.6 Å². The predicted molar refractivity (Wildman–Crippen MR) is 73.3 cm³/mol. The molecule has 2 rings (SSSR count). The van der Waals surface area contributed by atoms with E-state index < -0.39 is 5.97 Å². The van der Waals surface area contributed by atoms with E-state index in [4.69, 9.17) is 14.3 Å². The van der Waals surface area contributed by atoms with Gasteiger partial charge in [-0.1, -0.05) is 0 Å². The lowest BCUT2D eigenvalue weighted by atomic mass is 10.2. The number of fused-ring (bicyclic) bond motifs is 1. The van der Waals surface area contributed by atoms with Crippen LogP contribution in [0.5, 0.6) is 5.75 Å². The number of furan rings is 1. The molecule has 1 aromatic carbocycles. The average Bonchev–Trinajstić information content (AvgIpc) is 2.72. The van der Waals surface area contributed by atoms with Gasteiger partial charge in [-0.2, -0.15) is 0 Å². The molecule has 0 aliphatic rings. The van der Waals surface area contributed by atoms with Gasteiger partial charge in [0.05, 0.1) is 11.5 Å². The minimum atomic E-state index is -1.09. The second kappa shape index (κ2) is 4.84. The molecule has 1 N–H and O–H groups in total. The fraction of sp³-hybridized carbons (Fsp3) is 0.357. The summed E-state index contributed by atoms with van der Waals surface area (Å²) < 4.78 is 11.1. The van der Waals surface area contributed by atoms with Gasteiger partial charge in [0.15, 0.2) is 0 Å². The van der Waals surface area contributed by atoms with Gasteiger partial charge in [0, 0.05) is 38.0 Å². The summed E-state index contributed by atoms with van der Waals surface area (Å²) in [6.07, 6.45) is 0.00351. The molecule has 1 heterocycles. The lowest BCUT2D eigenvalue weighted by Gasteiger charge is -2.16. The number of carboxylic acid groups (broad SMARTS) is 1. The first-order chi connectivity index (χ1) is 8.88. The summed E-state index contributed by atoms with van der Waals surface area (Å²) >= 11 is 0. The quantitative estimate of drug-likeness (QED) is 0.918. The molecule has 19 heavy (non-hydrogen) atoms. The fourth-order valence-electron chi connectivity index (χ4n) is 1.81. The van der Waals surface area contributed by atoms with E-state index in [9.17, 15) is 4.79 Å². The topological polar surface area (TPSA) is 62.9 Å². The zero-order chi connectivity index (χ0) is 14.2. The number of nitrogens with zero attached hydrogens (tertiary/aromatic N) is 1. The van der Waals surface area contributed by atoms with Gasteiger partial charge in [-0.3, -0.25) is 0 Å². The van der Waals surface area contributed by atoms with Crippen molar-refractivity contribution in [2.45, 2.75) is 20.0 Å². The van der Waals surface area contributed by atoms with E-state index in [0.29, 0.717) is 16.7 Å². The Labute approximate surface area is 111 Å². The summed E-state index contributed by atoms with van der Waals surface area (Å²) in [5, 5.41) is 9.67. The van der Waals surface area contributed by atoms with E-state index in [1.165, 1.54) is 6.07 Å². The highest BCUT2D eigenvalue weighted by molar-refractivity contribution is 5.95. The molecular weight excluding hydrogens is 246 g/mol. The Kier molecular flexibility index (Phi) is 3.38. The van der Waals surface area contributed by atoms with Crippen molar-refractivity contribution < 1.29 is 19.1 Å². The van der Waals surface area contributed by atoms with Crippen LogP contribution in [0.4, 0.5) is 5.69 Å². The first-order valence-electron chi connectivity index (χ1n) is 6.03. The first kappa shape index (κ1) is 13.3. The Morgan fingerprint density at radius 1 is 1.32 bits per heavy atom. The molecule has 0 fully saturated rings. The number of carboxylic acids is 1. The van der Waals surface area contributed by atoms with E-state index in [1.807, 2.05) is 38.9 Å². The van der Waals surface area contributed by atoms with Crippen LogP contribution >= 0.6 is 0 Å². The van der Waals surface area contributed by atoms with Crippen LogP contribution in [0.3, 0.4) is 0 Å². The Bertz CT molecular complexity index is 613. The van der Waals surface area contributed by atoms with Gasteiger partial charge in [0.1, 0.15) is 11.3 Å². The van der Waals surface area contributed by atoms with Crippen molar-refractivity contribution in [1.29, 1.82) is 0 Å². The van der Waals surface area contributed by atoms with Crippen LogP contribution in [0.1, 0.15) is 24.4 Å². The fourth-order valence-corrected chi connectivity index (χ4v) is 1.81. The Morgan fingerprint density at radius 2 is 2.00 bits per heavy atom. The molecule has 0 aliphatic heterocycles. The van der Waals surface area contributed by atoms with Crippen LogP contribution in [0, 0.1) is 0 Å². The predicted octanol–water partition coefficient (Wildman–Crippen LogP) is 2.98. The number of hydrogen-bond donors (Lipinski definition) is 1. The molecule has 0 spiro atoms. The molecule has 102 valence electrons. The van der Waals surface area contributed by atoms with E-state index in [0.717, 1.165) is 5.69 Å². The molecule has 0 bridgehead atoms. The van der Waals surface area contributed by atoms with Gasteiger partial charge < -0.3 is 19.2 Å². The molecule has 0 atom stereocenters. The summed E-state index contributed by atoms with van der Waals surface area (Å²) in [6.45, 7) is 3.85. The van der Waals surface area contributed by atoms with Crippen LogP contribution < -0.4 is 9.64 Å². The second-order valence-electron chi connectivity index (χ2n) is 4.83. The Morgan fingerprint density at radius 3 is 2.53 bits per heavy atom. The summed E-state index contributed by atoms with van der Waals surface area (Å²) in [4.78, 5) is 12.9. The lowest BCUT2D eigenvalue weighted by Crippen LogP contribution is -2.10. The Hall–Kier alpha value is -2.17. The molecule has 0 saturated carbocycles. The third-order valence-electron chi connectivity index (χ3n) is 2.67. The van der Waals surface area contributed by atoms with Crippen molar-refractivity contribution in [1.82, 2.24) is 0 Å². The number of ether oxygens (including phenoxy) is 1. The maximum Gasteiger partial charge on any atom is 0.371 e. The molecule has 0 aliphatic carbocycles. The van der Waals surface area contributed by atoms with Crippen LogP contribution in [0.2, 0.25) is 0 Å². The molecular formula is C14H17NO4. The van der Waals surface area contributed by atoms with Crippen molar-refractivity contribution in [2.24, 2.45) is 0 Å². The summed E-state index contributed by atoms with van der Waals surface area (Å²) in [5.41, 5.74) is 1.41. The number of carbonyl (C=O) groups is 1. The number of benzene rings is 1. The molecule has 1 aromatic heterocycles. The monoisotopic (exact) mass is 263 g/mol. The number of aromatic carboxylic acids is 1. The minimum Gasteiger partial charge on any atom is -0.490 e. The molecule has 0 amide bonds. The van der Waals surface area contributed by atoms with Crippen molar-refractivity contribution in [2.75, 3.05) is 19.0 Å². The van der Waals surface area contributed by atoms with Crippen LogP contribution in [-0.2, 0) is 0 Å². The normalized spacial score (nSPS) is 11.0. The molecule has 0 unspecified atom stereocenters. The number of anilines is 1. The van der Waals surface area contributed by atoms with Gasteiger partial charge in [0.2, 0.25) is 5.76 Å². The third kappa shape index (κ3) is 2.65. The second-order valence-corrected chi connectivity index (χ2v) is 4.83. The summed E-state index contributed by atoms with van der Waals surface area (Å²) in [7, 11) is 3.81. The first-order valence-corrected chi connectivity index (χ1v) is 6.03. The van der Waals surface area contributed by atoms with Crippen LogP contribution in [0.15, 0.2) is 22.6 Å². The largest absolute Gasteiger partial charge is 0.490 e. The highest BCUT2D eigenvalue weighted by Crippen LogP contribution is 2.34. The lowest BCUT2D eigenvalue weighted by molar-refractivity contribution is 0.0665. The Balaban J connectivity index is 2.63. The highest BCUT2D eigenvalue weighted by atomic mass is 16.5. The van der Waals surface area contributed by atoms with E-state index >= 15 is 0 Å². The SMILES string of the molecule is CC(C)Oc1cc(N(C)C)cc2oc(C(=O)O)cc12. The summed E-state index contributed by atoms with van der Waals surface area (Å²) in [6, 6.07) is 5.17. The zero-order valence-corrected chi connectivity index (χ0v) is 11.4. The van der Waals surface area contributed by atoms with Gasteiger partial charge >= 0.3 is 5.97 Å². The van der Waals surface area contributed by atoms with E-state index in [2.05, 4.69) is 0 Å². The third-order valence-corrected chi connectivity index (χ3v) is 2.67. The van der Waals surface area contributed by atoms with Crippen molar-refractivity contribution in [3.8, 4) is 5.75 Å². The van der Waals surface area contributed by atoms with Gasteiger partial charge in [-0.25, -0.2) is 4.79 Å². The molecule has 0 saturated heterocycles. The van der Waals surface area contributed by atoms with E-state index in [-0.39, 0.29) is 11.9 Å². The molecule has 0 radical (unpaired) electrons. The van der Waals surface area contributed by atoms with E-state index in [1.54, 1.807) is 6.07 Å². The maximum atomic E-state index is 11.0.